The Morgan fingerprint density at radius 1 is 1.23 bits per heavy atom. The van der Waals surface area contributed by atoms with Crippen LogP contribution in [0.2, 0.25) is 0 Å². The van der Waals surface area contributed by atoms with Gasteiger partial charge in [-0.15, -0.1) is 11.3 Å². The Kier molecular flexibility index (Phi) is 5.00. The second-order valence-electron chi connectivity index (χ2n) is 6.36. The van der Waals surface area contributed by atoms with Crippen LogP contribution in [0.3, 0.4) is 0 Å². The summed E-state index contributed by atoms with van der Waals surface area (Å²) in [5.74, 6) is -0.709. The summed E-state index contributed by atoms with van der Waals surface area (Å²) in [5.41, 5.74) is 7.46. The molecule has 3 aromatic rings. The van der Waals surface area contributed by atoms with Crippen molar-refractivity contribution in [2.75, 3.05) is 7.11 Å². The SMILES string of the molecule is COC(=O)C1=c2s/c(=C/c3ccncc3)c(=O)n2[C@H](c2ccncc2)C(C#N)=C1N. The number of allylic oxidation sites excluding steroid dienone is 1. The predicted molar refractivity (Wildman–Crippen MR) is 110 cm³/mol. The lowest BCUT2D eigenvalue weighted by Crippen LogP contribution is -2.41. The van der Waals surface area contributed by atoms with E-state index in [9.17, 15) is 14.9 Å². The first kappa shape index (κ1) is 19.3. The van der Waals surface area contributed by atoms with E-state index >= 15 is 0 Å². The van der Waals surface area contributed by atoms with Crippen LogP contribution in [0.15, 0.2) is 65.1 Å². The molecule has 0 radical (unpaired) electrons. The van der Waals surface area contributed by atoms with E-state index in [0.717, 1.165) is 16.9 Å². The summed E-state index contributed by atoms with van der Waals surface area (Å²) in [6.07, 6.45) is 8.09. The quantitative estimate of drug-likeness (QED) is 0.603. The number of rotatable bonds is 3. The minimum Gasteiger partial charge on any atom is -0.465 e. The van der Waals surface area contributed by atoms with Crippen molar-refractivity contribution in [3.8, 4) is 6.07 Å². The number of hydrogen-bond donors (Lipinski definition) is 1. The molecule has 4 rings (SSSR count). The molecule has 0 aromatic carbocycles. The lowest BCUT2D eigenvalue weighted by atomic mass is 9.93. The summed E-state index contributed by atoms with van der Waals surface area (Å²) >= 11 is 1.12. The maximum Gasteiger partial charge on any atom is 0.343 e. The minimum absolute atomic E-state index is 0.00266. The van der Waals surface area contributed by atoms with Crippen molar-refractivity contribution in [1.82, 2.24) is 14.5 Å². The average Bonchev–Trinajstić information content (AvgIpc) is 3.09. The van der Waals surface area contributed by atoms with Crippen LogP contribution in [0.1, 0.15) is 17.2 Å². The number of carbonyl (C=O) groups excluding carboxylic acids is 1. The number of methoxy groups -OCH3 is 1. The second-order valence-corrected chi connectivity index (χ2v) is 7.39. The summed E-state index contributed by atoms with van der Waals surface area (Å²) < 4.78 is 7.04. The fourth-order valence-corrected chi connectivity index (χ4v) is 4.50. The average molecular weight is 417 g/mol. The lowest BCUT2D eigenvalue weighted by Gasteiger charge is -2.24. The molecular weight excluding hydrogens is 402 g/mol. The maximum atomic E-state index is 13.4. The van der Waals surface area contributed by atoms with Crippen molar-refractivity contribution in [2.45, 2.75) is 6.04 Å². The molecule has 0 saturated carbocycles. The first-order valence-electron chi connectivity index (χ1n) is 8.82. The zero-order valence-electron chi connectivity index (χ0n) is 15.8. The number of aromatic nitrogens is 3. The van der Waals surface area contributed by atoms with Gasteiger partial charge in [-0.1, -0.05) is 0 Å². The highest BCUT2D eigenvalue weighted by Gasteiger charge is 2.34. The number of hydrogen-bond acceptors (Lipinski definition) is 8. The van der Waals surface area contributed by atoms with Gasteiger partial charge >= 0.3 is 5.97 Å². The van der Waals surface area contributed by atoms with Gasteiger partial charge in [-0.2, -0.15) is 5.26 Å². The third-order valence-corrected chi connectivity index (χ3v) is 5.80. The Labute approximate surface area is 174 Å². The fraction of sp³-hybridized carbons (Fsp3) is 0.0952. The molecule has 30 heavy (non-hydrogen) atoms. The highest BCUT2D eigenvalue weighted by molar-refractivity contribution is 7.07. The molecule has 0 fully saturated rings. The van der Waals surface area contributed by atoms with Gasteiger partial charge < -0.3 is 10.5 Å². The highest BCUT2D eigenvalue weighted by Crippen LogP contribution is 2.30. The van der Waals surface area contributed by atoms with Gasteiger partial charge in [0.05, 0.1) is 29.0 Å². The van der Waals surface area contributed by atoms with E-state index in [2.05, 4.69) is 16.0 Å². The van der Waals surface area contributed by atoms with Gasteiger partial charge in [0.15, 0.2) is 0 Å². The van der Waals surface area contributed by atoms with E-state index < -0.39 is 12.0 Å². The number of esters is 1. The van der Waals surface area contributed by atoms with Crippen molar-refractivity contribution in [3.63, 3.8) is 0 Å². The maximum absolute atomic E-state index is 13.4. The zero-order valence-corrected chi connectivity index (χ0v) is 16.6. The van der Waals surface area contributed by atoms with E-state index in [-0.39, 0.29) is 22.4 Å². The van der Waals surface area contributed by atoms with Gasteiger partial charge in [-0.25, -0.2) is 4.79 Å². The number of nitrogens with zero attached hydrogens (tertiary/aromatic N) is 4. The minimum atomic E-state index is -0.773. The topological polar surface area (TPSA) is 124 Å². The number of ether oxygens (including phenoxy) is 1. The van der Waals surface area contributed by atoms with Crippen molar-refractivity contribution in [1.29, 1.82) is 5.26 Å². The van der Waals surface area contributed by atoms with Gasteiger partial charge in [0.2, 0.25) is 0 Å². The van der Waals surface area contributed by atoms with Gasteiger partial charge in [0.25, 0.3) is 5.56 Å². The van der Waals surface area contributed by atoms with E-state index in [1.807, 2.05) is 0 Å². The number of pyridine rings is 2. The molecule has 148 valence electrons. The van der Waals surface area contributed by atoms with Crippen LogP contribution in [0.4, 0.5) is 0 Å². The molecule has 0 unspecified atom stereocenters. The number of carbonyl (C=O) groups is 1. The molecule has 0 spiro atoms. The van der Waals surface area contributed by atoms with E-state index in [4.69, 9.17) is 10.5 Å². The second kappa shape index (κ2) is 7.77. The van der Waals surface area contributed by atoms with Crippen LogP contribution < -0.4 is 20.5 Å². The molecule has 2 N–H and O–H groups in total. The van der Waals surface area contributed by atoms with E-state index in [0.29, 0.717) is 14.8 Å². The van der Waals surface area contributed by atoms with Crippen molar-refractivity contribution in [3.05, 3.63) is 91.0 Å². The summed E-state index contributed by atoms with van der Waals surface area (Å²) in [7, 11) is 1.23. The third kappa shape index (κ3) is 3.09. The molecule has 8 nitrogen and oxygen atoms in total. The van der Waals surface area contributed by atoms with Gasteiger partial charge in [0, 0.05) is 24.8 Å². The molecular formula is C21H15N5O3S. The Morgan fingerprint density at radius 2 is 1.87 bits per heavy atom. The lowest BCUT2D eigenvalue weighted by molar-refractivity contribution is -0.133. The summed E-state index contributed by atoms with van der Waals surface area (Å²) in [5, 5.41) is 9.83. The van der Waals surface area contributed by atoms with Crippen molar-refractivity contribution >= 4 is 29.0 Å². The monoisotopic (exact) mass is 417 g/mol. The summed E-state index contributed by atoms with van der Waals surface area (Å²) in [6.45, 7) is 0. The first-order valence-corrected chi connectivity index (χ1v) is 9.64. The Hall–Kier alpha value is -4.03. The van der Waals surface area contributed by atoms with Crippen LogP contribution in [0, 0.1) is 11.3 Å². The summed E-state index contributed by atoms with van der Waals surface area (Å²) in [6, 6.07) is 8.24. The number of thiazole rings is 1. The largest absolute Gasteiger partial charge is 0.465 e. The normalized spacial score (nSPS) is 16.2. The molecule has 1 aliphatic rings. The molecule has 4 heterocycles. The standard InChI is InChI=1S/C21H15N5O3S/c1-29-21(28)16-17(23)14(11-22)18(13-4-8-25-9-5-13)26-19(27)15(30-20(16)26)10-12-2-6-24-7-3-12/h2-10,18H,23H2,1H3/b15-10+/t18-/m1/s1. The first-order chi connectivity index (χ1) is 14.6. The molecule has 1 atom stereocenters. The van der Waals surface area contributed by atoms with Crippen LogP contribution in [-0.4, -0.2) is 27.6 Å². The van der Waals surface area contributed by atoms with Crippen molar-refractivity contribution < 1.29 is 9.53 Å². The van der Waals surface area contributed by atoms with Gasteiger partial charge in [-0.3, -0.25) is 19.3 Å². The number of fused-ring (bicyclic) bond motifs is 1. The summed E-state index contributed by atoms with van der Waals surface area (Å²) in [4.78, 5) is 33.9. The van der Waals surface area contributed by atoms with E-state index in [1.54, 1.807) is 55.1 Å². The van der Waals surface area contributed by atoms with Crippen LogP contribution in [0.25, 0.3) is 11.6 Å². The molecule has 0 aliphatic carbocycles. The van der Waals surface area contributed by atoms with Crippen LogP contribution in [-0.2, 0) is 9.53 Å². The van der Waals surface area contributed by atoms with E-state index in [1.165, 1.54) is 11.7 Å². The molecule has 0 saturated heterocycles. The third-order valence-electron chi connectivity index (χ3n) is 4.70. The highest BCUT2D eigenvalue weighted by atomic mass is 32.1. The Bertz CT molecular complexity index is 1380. The Morgan fingerprint density at radius 3 is 2.47 bits per heavy atom. The number of nitriles is 1. The Balaban J connectivity index is 2.12. The number of nitrogens with two attached hydrogens (primary N) is 1. The smallest absolute Gasteiger partial charge is 0.343 e. The molecule has 9 heteroatoms. The molecule has 0 amide bonds. The van der Waals surface area contributed by atoms with Gasteiger partial charge in [-0.05, 0) is 41.5 Å². The zero-order chi connectivity index (χ0) is 21.3. The predicted octanol–water partition coefficient (Wildman–Crippen LogP) is 0.192. The van der Waals surface area contributed by atoms with Gasteiger partial charge in [0.1, 0.15) is 16.3 Å². The molecule has 3 aromatic heterocycles. The fourth-order valence-electron chi connectivity index (χ4n) is 3.32. The van der Waals surface area contributed by atoms with Crippen LogP contribution in [0.5, 0.6) is 0 Å². The van der Waals surface area contributed by atoms with Crippen LogP contribution >= 0.6 is 11.3 Å². The molecule has 0 bridgehead atoms. The molecule has 1 aliphatic heterocycles. The van der Waals surface area contributed by atoms with Crippen molar-refractivity contribution in [2.24, 2.45) is 5.73 Å².